The number of ether oxygens (including phenoxy) is 2. The minimum atomic E-state index is -4.27. The maximum absolute atomic E-state index is 12.5. The number of phosphoric ester groups is 1. The molecule has 0 saturated carbocycles. The average molecular weight is 779 g/mol. The highest BCUT2D eigenvalue weighted by molar-refractivity contribution is 7.47. The molecule has 0 spiro atoms. The van der Waals surface area contributed by atoms with Crippen LogP contribution in [0.25, 0.3) is 0 Å². The molecule has 312 valence electrons. The molecule has 9 heteroatoms. The van der Waals surface area contributed by atoms with Crippen LogP contribution in [-0.2, 0) is 32.7 Å². The third kappa shape index (κ3) is 39.4. The van der Waals surface area contributed by atoms with E-state index in [1.165, 1.54) is 83.5 Å². The normalized spacial score (nSPS) is 13.9. The lowest BCUT2D eigenvalue weighted by Crippen LogP contribution is -2.29. The Hall–Kier alpha value is -2.25. The van der Waals surface area contributed by atoms with E-state index in [1.807, 2.05) is 0 Å². The molecule has 0 bridgehead atoms. The zero-order valence-electron chi connectivity index (χ0n) is 34.6. The van der Waals surface area contributed by atoms with E-state index in [2.05, 4.69) is 79.1 Å². The summed E-state index contributed by atoms with van der Waals surface area (Å²) in [5, 5.41) is 0. The van der Waals surface area contributed by atoms with Crippen LogP contribution in [0.3, 0.4) is 0 Å². The molecule has 0 amide bonds. The molecular weight excluding hydrogens is 699 g/mol. The van der Waals surface area contributed by atoms with Crippen LogP contribution in [0.15, 0.2) is 60.8 Å². The van der Waals surface area contributed by atoms with Gasteiger partial charge in [-0.1, -0.05) is 177 Å². The number of rotatable bonds is 39. The molecule has 0 aliphatic heterocycles. The maximum atomic E-state index is 12.5. The van der Waals surface area contributed by atoms with Crippen molar-refractivity contribution in [1.82, 2.24) is 0 Å². The van der Waals surface area contributed by atoms with Crippen LogP contribution in [0.2, 0.25) is 0 Å². The zero-order valence-corrected chi connectivity index (χ0v) is 35.5. The van der Waals surface area contributed by atoms with Gasteiger partial charge in [0.05, 0.1) is 6.61 Å². The molecule has 0 aromatic rings. The Morgan fingerprint density at radius 2 is 0.944 bits per heavy atom. The lowest BCUT2D eigenvalue weighted by molar-refractivity contribution is -0.161. The number of carbonyl (C=O) groups excluding carboxylic acids is 2. The second-order valence-electron chi connectivity index (χ2n) is 14.1. The summed E-state index contributed by atoms with van der Waals surface area (Å²) < 4.78 is 32.0. The van der Waals surface area contributed by atoms with Crippen LogP contribution in [0.1, 0.15) is 187 Å². The largest absolute Gasteiger partial charge is 0.472 e. The van der Waals surface area contributed by atoms with Gasteiger partial charge in [-0.05, 0) is 57.8 Å². The SMILES string of the molecule is CC/C=C\C/C=C\C/C=C\C/C=C\C/C=C\CCCCCC(=O)OC(COC(=O)CCCCCCCCCCCCCCCCCC)COP(=O)(O)OC. The van der Waals surface area contributed by atoms with E-state index in [0.717, 1.165) is 77.7 Å². The van der Waals surface area contributed by atoms with E-state index in [1.54, 1.807) is 0 Å². The molecular formula is C45H79O8P. The second kappa shape index (κ2) is 40.4. The molecule has 0 saturated heterocycles. The highest BCUT2D eigenvalue weighted by Crippen LogP contribution is 2.42. The molecule has 54 heavy (non-hydrogen) atoms. The van der Waals surface area contributed by atoms with Crippen LogP contribution >= 0.6 is 7.82 Å². The van der Waals surface area contributed by atoms with Crippen LogP contribution < -0.4 is 0 Å². The van der Waals surface area contributed by atoms with Gasteiger partial charge in [0.2, 0.25) is 0 Å². The molecule has 0 radical (unpaired) electrons. The van der Waals surface area contributed by atoms with E-state index in [9.17, 15) is 19.0 Å². The Morgan fingerprint density at radius 1 is 0.537 bits per heavy atom. The van der Waals surface area contributed by atoms with Crippen molar-refractivity contribution in [3.05, 3.63) is 60.8 Å². The molecule has 2 atom stereocenters. The summed E-state index contributed by atoms with van der Waals surface area (Å²) in [5.41, 5.74) is 0. The van der Waals surface area contributed by atoms with Crippen molar-refractivity contribution < 1.29 is 37.6 Å². The van der Waals surface area contributed by atoms with Gasteiger partial charge in [0.15, 0.2) is 6.10 Å². The minimum absolute atomic E-state index is 0.205. The Bertz CT molecular complexity index is 1060. The van der Waals surface area contributed by atoms with Gasteiger partial charge in [0, 0.05) is 20.0 Å². The fourth-order valence-electron chi connectivity index (χ4n) is 5.74. The van der Waals surface area contributed by atoms with Gasteiger partial charge in [-0.2, -0.15) is 0 Å². The number of carbonyl (C=O) groups is 2. The summed E-state index contributed by atoms with van der Waals surface area (Å²) in [6.07, 6.45) is 49.8. The quantitative estimate of drug-likeness (QED) is 0.0284. The van der Waals surface area contributed by atoms with E-state index >= 15 is 0 Å². The predicted molar refractivity (Wildman–Crippen MR) is 225 cm³/mol. The van der Waals surface area contributed by atoms with Gasteiger partial charge in [0.1, 0.15) is 6.61 Å². The number of esters is 2. The van der Waals surface area contributed by atoms with Crippen molar-refractivity contribution >= 4 is 19.8 Å². The summed E-state index contributed by atoms with van der Waals surface area (Å²) >= 11 is 0. The number of allylic oxidation sites excluding steroid dienone is 10. The fraction of sp³-hybridized carbons (Fsp3) is 0.733. The van der Waals surface area contributed by atoms with Crippen molar-refractivity contribution in [3.63, 3.8) is 0 Å². The molecule has 0 aromatic heterocycles. The summed E-state index contributed by atoms with van der Waals surface area (Å²) in [6, 6.07) is 0. The molecule has 0 rings (SSSR count). The first-order valence-electron chi connectivity index (χ1n) is 21.5. The molecule has 2 unspecified atom stereocenters. The Kier molecular flexibility index (Phi) is 38.7. The number of hydrogen-bond donors (Lipinski definition) is 1. The Balaban J connectivity index is 4.07. The van der Waals surface area contributed by atoms with Crippen molar-refractivity contribution in [2.45, 2.75) is 193 Å². The Morgan fingerprint density at radius 3 is 1.41 bits per heavy atom. The first-order chi connectivity index (χ1) is 26.3. The van der Waals surface area contributed by atoms with Crippen LogP contribution in [-0.4, -0.2) is 43.3 Å². The van der Waals surface area contributed by atoms with Gasteiger partial charge in [-0.15, -0.1) is 0 Å². The number of phosphoric acid groups is 1. The molecule has 0 aliphatic rings. The summed E-state index contributed by atoms with van der Waals surface area (Å²) in [6.45, 7) is 3.75. The van der Waals surface area contributed by atoms with Crippen LogP contribution in [0.5, 0.6) is 0 Å². The van der Waals surface area contributed by atoms with E-state index in [-0.39, 0.29) is 25.4 Å². The zero-order chi connectivity index (χ0) is 39.6. The van der Waals surface area contributed by atoms with Crippen LogP contribution in [0.4, 0.5) is 0 Å². The van der Waals surface area contributed by atoms with Crippen LogP contribution in [0, 0.1) is 0 Å². The van der Waals surface area contributed by atoms with Crippen molar-refractivity contribution in [3.8, 4) is 0 Å². The smallest absolute Gasteiger partial charge is 0.462 e. The maximum Gasteiger partial charge on any atom is 0.472 e. The van der Waals surface area contributed by atoms with Crippen molar-refractivity contribution in [1.29, 1.82) is 0 Å². The highest BCUT2D eigenvalue weighted by atomic mass is 31.2. The van der Waals surface area contributed by atoms with Gasteiger partial charge in [-0.3, -0.25) is 18.6 Å². The van der Waals surface area contributed by atoms with E-state index in [0.29, 0.717) is 6.42 Å². The van der Waals surface area contributed by atoms with Gasteiger partial charge in [-0.25, -0.2) is 4.57 Å². The third-order valence-corrected chi connectivity index (χ3v) is 9.96. The first kappa shape index (κ1) is 51.8. The summed E-state index contributed by atoms with van der Waals surface area (Å²) in [4.78, 5) is 34.5. The predicted octanol–water partition coefficient (Wildman–Crippen LogP) is 13.6. The highest BCUT2D eigenvalue weighted by Gasteiger charge is 2.24. The second-order valence-corrected chi connectivity index (χ2v) is 15.7. The third-order valence-electron chi connectivity index (χ3n) is 9.03. The lowest BCUT2D eigenvalue weighted by Gasteiger charge is -2.19. The van der Waals surface area contributed by atoms with Gasteiger partial charge < -0.3 is 14.4 Å². The molecule has 1 N–H and O–H groups in total. The topological polar surface area (TPSA) is 108 Å². The summed E-state index contributed by atoms with van der Waals surface area (Å²) in [7, 11) is -3.22. The average Bonchev–Trinajstić information content (AvgIpc) is 3.16. The number of unbranched alkanes of at least 4 members (excludes halogenated alkanes) is 18. The van der Waals surface area contributed by atoms with Crippen molar-refractivity contribution in [2.24, 2.45) is 0 Å². The standard InChI is InChI=1S/C45H79O8P/c1-4-6-8-10-12-14-16-18-20-22-23-24-26-28-30-32-34-36-38-40-45(47)53-43(42-52-54(48,49)50-3)41-51-44(46)39-37-35-33-31-29-27-25-21-19-17-15-13-11-9-7-5-2/h6,8,12,14,18,20,23-24,28,30,43H,4-5,7,9-11,13,15-17,19,21-22,25-27,29,31-42H2,1-3H3,(H,48,49)/b8-6-,14-12-,20-18-,24-23-,30-28-. The van der Waals surface area contributed by atoms with Crippen molar-refractivity contribution in [2.75, 3.05) is 20.3 Å². The molecule has 0 fully saturated rings. The number of hydrogen-bond acceptors (Lipinski definition) is 7. The van der Waals surface area contributed by atoms with E-state index in [4.69, 9.17) is 14.0 Å². The van der Waals surface area contributed by atoms with Gasteiger partial charge >= 0.3 is 19.8 Å². The minimum Gasteiger partial charge on any atom is -0.462 e. The monoisotopic (exact) mass is 779 g/mol. The molecule has 0 aromatic carbocycles. The molecule has 0 heterocycles. The Labute approximate surface area is 330 Å². The fourth-order valence-corrected chi connectivity index (χ4v) is 6.20. The van der Waals surface area contributed by atoms with Gasteiger partial charge in [0.25, 0.3) is 0 Å². The summed E-state index contributed by atoms with van der Waals surface area (Å²) in [5.74, 6) is -0.840. The lowest BCUT2D eigenvalue weighted by atomic mass is 10.0. The molecule has 8 nitrogen and oxygen atoms in total. The molecule has 0 aliphatic carbocycles. The van der Waals surface area contributed by atoms with E-state index < -0.39 is 26.5 Å². The first-order valence-corrected chi connectivity index (χ1v) is 23.0.